The molecule has 0 unspecified atom stereocenters. The SMILES string of the molecule is c1ccc(-c2cc3ccccn3c2CCc2ccccn2)cc1. The van der Waals surface area contributed by atoms with E-state index in [4.69, 9.17) is 0 Å². The summed E-state index contributed by atoms with van der Waals surface area (Å²) in [6.07, 6.45) is 5.93. The Morgan fingerprint density at radius 1 is 0.783 bits per heavy atom. The highest BCUT2D eigenvalue weighted by Gasteiger charge is 2.11. The molecule has 0 spiro atoms. The summed E-state index contributed by atoms with van der Waals surface area (Å²) in [5, 5.41) is 0. The van der Waals surface area contributed by atoms with Crippen LogP contribution in [0.5, 0.6) is 0 Å². The van der Waals surface area contributed by atoms with E-state index in [1.54, 1.807) is 0 Å². The number of fused-ring (bicyclic) bond motifs is 1. The van der Waals surface area contributed by atoms with E-state index < -0.39 is 0 Å². The van der Waals surface area contributed by atoms with Crippen LogP contribution in [0.3, 0.4) is 0 Å². The average molecular weight is 298 g/mol. The van der Waals surface area contributed by atoms with Gasteiger partial charge >= 0.3 is 0 Å². The highest BCUT2D eigenvalue weighted by molar-refractivity contribution is 5.74. The quantitative estimate of drug-likeness (QED) is 0.529. The van der Waals surface area contributed by atoms with Gasteiger partial charge < -0.3 is 4.40 Å². The summed E-state index contributed by atoms with van der Waals surface area (Å²) in [6, 6.07) is 25.4. The number of benzene rings is 1. The van der Waals surface area contributed by atoms with E-state index in [9.17, 15) is 0 Å². The maximum Gasteiger partial charge on any atom is 0.0459 e. The van der Waals surface area contributed by atoms with Gasteiger partial charge in [-0.15, -0.1) is 0 Å². The molecule has 0 aliphatic heterocycles. The zero-order valence-electron chi connectivity index (χ0n) is 12.9. The van der Waals surface area contributed by atoms with Crippen LogP contribution in [-0.2, 0) is 12.8 Å². The van der Waals surface area contributed by atoms with Crippen molar-refractivity contribution in [3.05, 3.63) is 96.6 Å². The lowest BCUT2D eigenvalue weighted by Gasteiger charge is -2.07. The molecule has 0 amide bonds. The van der Waals surface area contributed by atoms with Crippen molar-refractivity contribution >= 4 is 5.52 Å². The summed E-state index contributed by atoms with van der Waals surface area (Å²) in [7, 11) is 0. The molecule has 0 aliphatic rings. The summed E-state index contributed by atoms with van der Waals surface area (Å²) >= 11 is 0. The monoisotopic (exact) mass is 298 g/mol. The number of hydrogen-bond acceptors (Lipinski definition) is 1. The van der Waals surface area contributed by atoms with Gasteiger partial charge in [0.1, 0.15) is 0 Å². The first-order valence-corrected chi connectivity index (χ1v) is 7.96. The predicted molar refractivity (Wildman–Crippen MR) is 94.5 cm³/mol. The fourth-order valence-corrected chi connectivity index (χ4v) is 3.10. The van der Waals surface area contributed by atoms with Crippen molar-refractivity contribution in [1.29, 1.82) is 0 Å². The molecule has 0 saturated carbocycles. The van der Waals surface area contributed by atoms with Crippen molar-refractivity contribution in [3.63, 3.8) is 0 Å². The first-order valence-electron chi connectivity index (χ1n) is 7.96. The molecule has 1 aromatic carbocycles. The fraction of sp³-hybridized carbons (Fsp3) is 0.0952. The van der Waals surface area contributed by atoms with Crippen LogP contribution in [0.15, 0.2) is 85.2 Å². The number of hydrogen-bond donors (Lipinski definition) is 0. The minimum atomic E-state index is 0.946. The lowest BCUT2D eigenvalue weighted by molar-refractivity contribution is 0.869. The average Bonchev–Trinajstić information content (AvgIpc) is 3.00. The number of pyridine rings is 2. The van der Waals surface area contributed by atoms with Gasteiger partial charge in [-0.3, -0.25) is 4.98 Å². The first kappa shape index (κ1) is 13.8. The lowest BCUT2D eigenvalue weighted by atomic mass is 10.0. The van der Waals surface area contributed by atoms with Crippen LogP contribution >= 0.6 is 0 Å². The number of rotatable bonds is 4. The van der Waals surface area contributed by atoms with Crippen LogP contribution in [0.25, 0.3) is 16.6 Å². The molecule has 0 aliphatic carbocycles. The Bertz CT molecular complexity index is 908. The summed E-state index contributed by atoms with van der Waals surface area (Å²) in [6.45, 7) is 0. The Hall–Kier alpha value is -2.87. The highest BCUT2D eigenvalue weighted by Crippen LogP contribution is 2.28. The Labute approximate surface area is 136 Å². The van der Waals surface area contributed by atoms with Gasteiger partial charge in [-0.2, -0.15) is 0 Å². The molecule has 2 nitrogen and oxygen atoms in total. The van der Waals surface area contributed by atoms with Crippen molar-refractivity contribution < 1.29 is 0 Å². The van der Waals surface area contributed by atoms with Gasteiger partial charge in [0.05, 0.1) is 0 Å². The van der Waals surface area contributed by atoms with E-state index >= 15 is 0 Å². The van der Waals surface area contributed by atoms with Gasteiger partial charge in [-0.25, -0.2) is 0 Å². The van der Waals surface area contributed by atoms with E-state index in [-0.39, 0.29) is 0 Å². The van der Waals surface area contributed by atoms with Crippen molar-refractivity contribution in [2.24, 2.45) is 0 Å². The Kier molecular flexibility index (Phi) is 3.65. The second-order valence-electron chi connectivity index (χ2n) is 5.69. The second-order valence-corrected chi connectivity index (χ2v) is 5.69. The summed E-state index contributed by atoms with van der Waals surface area (Å²) in [5.74, 6) is 0. The Morgan fingerprint density at radius 3 is 2.43 bits per heavy atom. The standard InChI is InChI=1S/C21H18N2/c1-2-8-17(9-3-1)20-16-19-11-5-7-15-23(19)21(20)13-12-18-10-4-6-14-22-18/h1-11,14-16H,12-13H2. The van der Waals surface area contributed by atoms with Crippen molar-refractivity contribution in [3.8, 4) is 11.1 Å². The first-order chi connectivity index (χ1) is 11.4. The largest absolute Gasteiger partial charge is 0.320 e. The van der Waals surface area contributed by atoms with Gasteiger partial charge in [-0.1, -0.05) is 42.5 Å². The topological polar surface area (TPSA) is 17.3 Å². The summed E-state index contributed by atoms with van der Waals surface area (Å²) in [4.78, 5) is 4.45. The Balaban J connectivity index is 1.77. The predicted octanol–water partition coefficient (Wildman–Crippen LogP) is 4.79. The molecule has 0 saturated heterocycles. The second kappa shape index (κ2) is 6.09. The molecular formula is C21H18N2. The molecule has 0 atom stereocenters. The van der Waals surface area contributed by atoms with E-state index in [1.807, 2.05) is 12.3 Å². The van der Waals surface area contributed by atoms with Crippen molar-refractivity contribution in [1.82, 2.24) is 9.38 Å². The fourth-order valence-electron chi connectivity index (χ4n) is 3.10. The molecule has 0 radical (unpaired) electrons. The molecule has 0 N–H and O–H groups in total. The third-order valence-electron chi connectivity index (χ3n) is 4.21. The van der Waals surface area contributed by atoms with E-state index in [1.165, 1.54) is 22.3 Å². The maximum atomic E-state index is 4.45. The third-order valence-corrected chi connectivity index (χ3v) is 4.21. The van der Waals surface area contributed by atoms with Crippen LogP contribution in [0.2, 0.25) is 0 Å². The highest BCUT2D eigenvalue weighted by atomic mass is 14.9. The smallest absolute Gasteiger partial charge is 0.0459 e. The van der Waals surface area contributed by atoms with Gasteiger partial charge in [0.2, 0.25) is 0 Å². The third kappa shape index (κ3) is 2.76. The van der Waals surface area contributed by atoms with E-state index in [0.717, 1.165) is 18.5 Å². The minimum absolute atomic E-state index is 0.946. The maximum absolute atomic E-state index is 4.45. The lowest BCUT2D eigenvalue weighted by Crippen LogP contribution is -1.99. The van der Waals surface area contributed by atoms with E-state index in [0.29, 0.717) is 0 Å². The van der Waals surface area contributed by atoms with Gasteiger partial charge in [0, 0.05) is 34.9 Å². The normalized spacial score (nSPS) is 11.0. The molecule has 4 rings (SSSR count). The number of aromatic nitrogens is 2. The molecule has 0 fully saturated rings. The zero-order chi connectivity index (χ0) is 15.5. The van der Waals surface area contributed by atoms with Crippen LogP contribution in [0, 0.1) is 0 Å². The van der Waals surface area contributed by atoms with Crippen LogP contribution in [-0.4, -0.2) is 9.38 Å². The van der Waals surface area contributed by atoms with Crippen LogP contribution in [0.1, 0.15) is 11.4 Å². The van der Waals surface area contributed by atoms with Gasteiger partial charge in [-0.05, 0) is 48.7 Å². The molecule has 4 aromatic rings. The summed E-state index contributed by atoms with van der Waals surface area (Å²) < 4.78 is 2.30. The molecule has 2 heteroatoms. The Morgan fingerprint density at radius 2 is 1.61 bits per heavy atom. The molecular weight excluding hydrogens is 280 g/mol. The van der Waals surface area contributed by atoms with Crippen LogP contribution < -0.4 is 0 Å². The van der Waals surface area contributed by atoms with E-state index in [2.05, 4.69) is 82.3 Å². The molecule has 0 bridgehead atoms. The molecule has 23 heavy (non-hydrogen) atoms. The number of nitrogens with zero attached hydrogens (tertiary/aromatic N) is 2. The van der Waals surface area contributed by atoms with Gasteiger partial charge in [0.15, 0.2) is 0 Å². The zero-order valence-corrected chi connectivity index (χ0v) is 12.9. The summed E-state index contributed by atoms with van der Waals surface area (Å²) in [5.41, 5.74) is 6.30. The molecule has 3 heterocycles. The molecule has 3 aromatic heterocycles. The number of aryl methyl sites for hydroxylation is 2. The van der Waals surface area contributed by atoms with Crippen molar-refractivity contribution in [2.75, 3.05) is 0 Å². The molecule has 112 valence electrons. The van der Waals surface area contributed by atoms with Gasteiger partial charge in [0.25, 0.3) is 0 Å². The van der Waals surface area contributed by atoms with Crippen molar-refractivity contribution in [2.45, 2.75) is 12.8 Å². The minimum Gasteiger partial charge on any atom is -0.320 e. The van der Waals surface area contributed by atoms with Crippen LogP contribution in [0.4, 0.5) is 0 Å².